The SMILES string of the molecule is CS(=O)(=O)CCC(N)C(=O)NCc1ccc(OC2CCCCC2)cc1. The molecule has 0 aromatic heterocycles. The molecule has 25 heavy (non-hydrogen) atoms. The standard InChI is InChI=1S/C18H28N2O4S/c1-25(22,23)12-11-17(19)18(21)20-13-14-7-9-16(10-8-14)24-15-5-3-2-4-6-15/h7-10,15,17H,2-6,11-13,19H2,1H3,(H,20,21). The Morgan fingerprint density at radius 2 is 1.88 bits per heavy atom. The molecule has 6 nitrogen and oxygen atoms in total. The zero-order valence-electron chi connectivity index (χ0n) is 14.7. The summed E-state index contributed by atoms with van der Waals surface area (Å²) in [6.45, 7) is 0.356. The first-order valence-corrected chi connectivity index (χ1v) is 10.9. The summed E-state index contributed by atoms with van der Waals surface area (Å²) in [7, 11) is -3.11. The average Bonchev–Trinajstić information content (AvgIpc) is 2.59. The largest absolute Gasteiger partial charge is 0.490 e. The van der Waals surface area contributed by atoms with Crippen LogP contribution in [-0.4, -0.2) is 38.5 Å². The number of hydrogen-bond acceptors (Lipinski definition) is 5. The van der Waals surface area contributed by atoms with E-state index in [4.69, 9.17) is 10.5 Å². The van der Waals surface area contributed by atoms with Gasteiger partial charge >= 0.3 is 0 Å². The Bertz CT molecular complexity index is 652. The predicted molar refractivity (Wildman–Crippen MR) is 98.1 cm³/mol. The summed E-state index contributed by atoms with van der Waals surface area (Å²) in [6, 6.07) is 6.85. The van der Waals surface area contributed by atoms with Crippen LogP contribution in [0.5, 0.6) is 5.75 Å². The van der Waals surface area contributed by atoms with Crippen molar-refractivity contribution >= 4 is 15.7 Å². The molecule has 1 aliphatic carbocycles. The maximum absolute atomic E-state index is 11.9. The zero-order valence-corrected chi connectivity index (χ0v) is 15.6. The summed E-state index contributed by atoms with van der Waals surface area (Å²) >= 11 is 0. The third-order valence-corrected chi connectivity index (χ3v) is 5.36. The number of ether oxygens (including phenoxy) is 1. The molecule has 2 rings (SSSR count). The lowest BCUT2D eigenvalue weighted by Crippen LogP contribution is -2.41. The highest BCUT2D eigenvalue weighted by Crippen LogP contribution is 2.23. The molecule has 1 atom stereocenters. The van der Waals surface area contributed by atoms with Gasteiger partial charge in [-0.3, -0.25) is 4.79 Å². The van der Waals surface area contributed by atoms with Crippen molar-refractivity contribution in [1.82, 2.24) is 5.32 Å². The Morgan fingerprint density at radius 3 is 2.48 bits per heavy atom. The molecule has 0 heterocycles. The molecule has 3 N–H and O–H groups in total. The quantitative estimate of drug-likeness (QED) is 0.729. The summed E-state index contributed by atoms with van der Waals surface area (Å²) in [5.41, 5.74) is 6.66. The summed E-state index contributed by atoms with van der Waals surface area (Å²) in [5, 5.41) is 2.74. The van der Waals surface area contributed by atoms with E-state index in [1.165, 1.54) is 19.3 Å². The molecule has 1 aromatic carbocycles. The predicted octanol–water partition coefficient (Wildman–Crippen LogP) is 1.78. The van der Waals surface area contributed by atoms with Crippen LogP contribution in [0, 0.1) is 0 Å². The van der Waals surface area contributed by atoms with E-state index in [-0.39, 0.29) is 18.1 Å². The molecule has 1 unspecified atom stereocenters. The van der Waals surface area contributed by atoms with Crippen molar-refractivity contribution in [3.05, 3.63) is 29.8 Å². The lowest BCUT2D eigenvalue weighted by Gasteiger charge is -2.23. The fraction of sp³-hybridized carbons (Fsp3) is 0.611. The van der Waals surface area contributed by atoms with Crippen molar-refractivity contribution in [3.63, 3.8) is 0 Å². The number of carbonyl (C=O) groups excluding carboxylic acids is 1. The number of rotatable bonds is 8. The molecule has 1 fully saturated rings. The number of carbonyl (C=O) groups is 1. The van der Waals surface area contributed by atoms with Gasteiger partial charge in [0.2, 0.25) is 5.91 Å². The Kier molecular flexibility index (Phi) is 7.25. The minimum atomic E-state index is -3.11. The van der Waals surface area contributed by atoms with Gasteiger partial charge in [0.15, 0.2) is 0 Å². The van der Waals surface area contributed by atoms with E-state index >= 15 is 0 Å². The number of hydrogen-bond donors (Lipinski definition) is 2. The zero-order chi connectivity index (χ0) is 18.3. The number of sulfone groups is 1. The second-order valence-corrected chi connectivity index (χ2v) is 9.02. The van der Waals surface area contributed by atoms with Gasteiger partial charge in [-0.1, -0.05) is 18.6 Å². The van der Waals surface area contributed by atoms with Gasteiger partial charge < -0.3 is 15.8 Å². The maximum atomic E-state index is 11.9. The first-order chi connectivity index (χ1) is 11.8. The van der Waals surface area contributed by atoms with Gasteiger partial charge in [-0.2, -0.15) is 0 Å². The number of nitrogens with two attached hydrogens (primary N) is 1. The van der Waals surface area contributed by atoms with Gasteiger partial charge in [-0.25, -0.2) is 8.42 Å². The molecule has 0 saturated heterocycles. The van der Waals surface area contributed by atoms with E-state index in [1.54, 1.807) is 0 Å². The normalized spacial score (nSPS) is 17.0. The minimum Gasteiger partial charge on any atom is -0.490 e. The Morgan fingerprint density at radius 1 is 1.24 bits per heavy atom. The molecule has 7 heteroatoms. The van der Waals surface area contributed by atoms with E-state index in [9.17, 15) is 13.2 Å². The summed E-state index contributed by atoms with van der Waals surface area (Å²) in [4.78, 5) is 11.9. The van der Waals surface area contributed by atoms with E-state index in [0.29, 0.717) is 12.6 Å². The molecule has 0 spiro atoms. The first-order valence-electron chi connectivity index (χ1n) is 8.80. The van der Waals surface area contributed by atoms with Crippen LogP contribution >= 0.6 is 0 Å². The summed E-state index contributed by atoms with van der Waals surface area (Å²) < 4.78 is 28.2. The van der Waals surface area contributed by atoms with Crippen LogP contribution in [0.3, 0.4) is 0 Å². The van der Waals surface area contributed by atoms with Crippen LogP contribution in [-0.2, 0) is 21.2 Å². The molecule has 140 valence electrons. The van der Waals surface area contributed by atoms with Crippen LogP contribution in [0.2, 0.25) is 0 Å². The molecular formula is C18H28N2O4S. The maximum Gasteiger partial charge on any atom is 0.237 e. The van der Waals surface area contributed by atoms with Crippen LogP contribution in [0.25, 0.3) is 0 Å². The average molecular weight is 368 g/mol. The van der Waals surface area contributed by atoms with Crippen molar-refractivity contribution in [2.75, 3.05) is 12.0 Å². The van der Waals surface area contributed by atoms with Crippen molar-refractivity contribution in [2.45, 2.75) is 57.2 Å². The molecule has 1 aliphatic rings. The van der Waals surface area contributed by atoms with Gasteiger partial charge in [0.05, 0.1) is 17.9 Å². The number of benzene rings is 1. The molecule has 0 bridgehead atoms. The minimum absolute atomic E-state index is 0.0885. The number of amides is 1. The van der Waals surface area contributed by atoms with Crippen molar-refractivity contribution in [1.29, 1.82) is 0 Å². The highest BCUT2D eigenvalue weighted by Gasteiger charge is 2.16. The van der Waals surface area contributed by atoms with E-state index < -0.39 is 15.9 Å². The van der Waals surface area contributed by atoms with Gasteiger partial charge in [0.25, 0.3) is 0 Å². The lowest BCUT2D eigenvalue weighted by atomic mass is 9.98. The molecule has 1 amide bonds. The van der Waals surface area contributed by atoms with E-state index in [1.807, 2.05) is 24.3 Å². The van der Waals surface area contributed by atoms with E-state index in [2.05, 4.69) is 5.32 Å². The second-order valence-electron chi connectivity index (χ2n) is 6.76. The molecular weight excluding hydrogens is 340 g/mol. The summed E-state index contributed by atoms with van der Waals surface area (Å²) in [5.74, 6) is 0.424. The van der Waals surface area contributed by atoms with Crippen molar-refractivity contribution in [3.8, 4) is 5.75 Å². The third kappa shape index (κ3) is 7.44. The molecule has 1 saturated carbocycles. The molecule has 1 aromatic rings. The van der Waals surface area contributed by atoms with Crippen molar-refractivity contribution in [2.24, 2.45) is 5.73 Å². The number of nitrogens with one attached hydrogen (secondary N) is 1. The first kappa shape index (κ1) is 19.7. The fourth-order valence-electron chi connectivity index (χ4n) is 2.85. The smallest absolute Gasteiger partial charge is 0.237 e. The molecule has 0 radical (unpaired) electrons. The topological polar surface area (TPSA) is 98.5 Å². The van der Waals surface area contributed by atoms with Gasteiger partial charge in [-0.05, 0) is 49.8 Å². The monoisotopic (exact) mass is 368 g/mol. The van der Waals surface area contributed by atoms with Crippen LogP contribution in [0.15, 0.2) is 24.3 Å². The highest BCUT2D eigenvalue weighted by molar-refractivity contribution is 7.90. The Hall–Kier alpha value is -1.60. The highest BCUT2D eigenvalue weighted by atomic mass is 32.2. The van der Waals surface area contributed by atoms with Crippen LogP contribution in [0.4, 0.5) is 0 Å². The van der Waals surface area contributed by atoms with Crippen LogP contribution in [0.1, 0.15) is 44.1 Å². The van der Waals surface area contributed by atoms with Crippen LogP contribution < -0.4 is 15.8 Å². The van der Waals surface area contributed by atoms with Gasteiger partial charge in [0.1, 0.15) is 15.6 Å². The van der Waals surface area contributed by atoms with Gasteiger partial charge in [-0.15, -0.1) is 0 Å². The fourth-order valence-corrected chi connectivity index (χ4v) is 3.54. The third-order valence-electron chi connectivity index (χ3n) is 4.38. The Balaban J connectivity index is 1.75. The lowest BCUT2D eigenvalue weighted by molar-refractivity contribution is -0.122. The van der Waals surface area contributed by atoms with Gasteiger partial charge in [0, 0.05) is 12.8 Å². The Labute approximate surface area is 150 Å². The summed E-state index contributed by atoms with van der Waals surface area (Å²) in [6.07, 6.45) is 7.56. The van der Waals surface area contributed by atoms with Crippen molar-refractivity contribution < 1.29 is 17.9 Å². The molecule has 0 aliphatic heterocycles. The van der Waals surface area contributed by atoms with E-state index in [0.717, 1.165) is 30.4 Å². The second kappa shape index (κ2) is 9.20.